The summed E-state index contributed by atoms with van der Waals surface area (Å²) in [6.45, 7) is 0. The van der Waals surface area contributed by atoms with Gasteiger partial charge in [0, 0.05) is 0 Å². The Balaban J connectivity index is 3.02. The summed E-state index contributed by atoms with van der Waals surface area (Å²) in [5, 5.41) is 0. The fraction of sp³-hybridized carbons (Fsp3) is 0.143. The van der Waals surface area contributed by atoms with Crippen LogP contribution in [0.2, 0.25) is 0 Å². The van der Waals surface area contributed by atoms with Crippen molar-refractivity contribution in [3.63, 3.8) is 0 Å². The van der Waals surface area contributed by atoms with Gasteiger partial charge >= 0.3 is 0 Å². The highest BCUT2D eigenvalue weighted by Gasteiger charge is 2.18. The molecule has 0 aliphatic carbocycles. The van der Waals surface area contributed by atoms with Crippen molar-refractivity contribution in [1.82, 2.24) is 0 Å². The summed E-state index contributed by atoms with van der Waals surface area (Å²) in [5.74, 6) is 0. The van der Waals surface area contributed by atoms with E-state index in [2.05, 4.69) is 9.24 Å². The van der Waals surface area contributed by atoms with E-state index in [1.54, 1.807) is 30.3 Å². The fourth-order valence-corrected chi connectivity index (χ4v) is 1.54. The Morgan fingerprint density at radius 3 is 2.17 bits per heavy atom. The molecular formula is C7H9O3PS. The largest absolute Gasteiger partial charge is 0.285 e. The highest BCUT2D eigenvalue weighted by molar-refractivity contribution is 7.90. The van der Waals surface area contributed by atoms with E-state index in [4.69, 9.17) is 4.55 Å². The molecule has 2 atom stereocenters. The zero-order valence-electron chi connectivity index (χ0n) is 6.21. The highest BCUT2D eigenvalue weighted by atomic mass is 32.2. The Hall–Kier alpha value is -0.440. The van der Waals surface area contributed by atoms with Gasteiger partial charge in [0.25, 0.3) is 10.1 Å². The molecule has 0 aromatic heterocycles. The third kappa shape index (κ3) is 2.27. The smallest absolute Gasteiger partial charge is 0.275 e. The second-order valence-electron chi connectivity index (χ2n) is 2.35. The minimum absolute atomic E-state index is 0.560. The van der Waals surface area contributed by atoms with Crippen LogP contribution in [0.5, 0.6) is 0 Å². The number of rotatable bonds is 2. The Morgan fingerprint density at radius 2 is 1.75 bits per heavy atom. The summed E-state index contributed by atoms with van der Waals surface area (Å²) in [4.78, 5) is -0.932. The molecule has 1 rings (SSSR count). The lowest BCUT2D eigenvalue weighted by atomic mass is 10.2. The lowest BCUT2D eigenvalue weighted by molar-refractivity contribution is 0.481. The molecule has 0 amide bonds. The average Bonchev–Trinajstić information content (AvgIpc) is 2.03. The van der Waals surface area contributed by atoms with Crippen LogP contribution in [0.15, 0.2) is 30.3 Å². The van der Waals surface area contributed by atoms with E-state index in [1.807, 2.05) is 0 Å². The maximum Gasteiger partial charge on any atom is 0.275 e. The van der Waals surface area contributed by atoms with Gasteiger partial charge in [0.15, 0.2) is 0 Å². The summed E-state index contributed by atoms with van der Waals surface area (Å²) in [6.07, 6.45) is 0. The second-order valence-corrected chi connectivity index (χ2v) is 5.03. The van der Waals surface area contributed by atoms with Crippen LogP contribution in [-0.4, -0.2) is 13.0 Å². The van der Waals surface area contributed by atoms with Gasteiger partial charge < -0.3 is 0 Å². The summed E-state index contributed by atoms with van der Waals surface area (Å²) in [6, 6.07) is 8.51. The van der Waals surface area contributed by atoms with Crippen molar-refractivity contribution in [3.05, 3.63) is 35.9 Å². The minimum Gasteiger partial charge on any atom is -0.285 e. The molecule has 0 aliphatic heterocycles. The van der Waals surface area contributed by atoms with Crippen molar-refractivity contribution >= 4 is 19.4 Å². The van der Waals surface area contributed by atoms with Crippen molar-refractivity contribution < 1.29 is 13.0 Å². The maximum atomic E-state index is 10.7. The van der Waals surface area contributed by atoms with Crippen molar-refractivity contribution in [3.8, 4) is 0 Å². The van der Waals surface area contributed by atoms with Gasteiger partial charge in [0.05, 0.1) is 0 Å². The zero-order chi connectivity index (χ0) is 9.19. The molecule has 0 spiro atoms. The van der Waals surface area contributed by atoms with E-state index in [-0.39, 0.29) is 0 Å². The summed E-state index contributed by atoms with van der Waals surface area (Å²) in [7, 11) is -1.91. The van der Waals surface area contributed by atoms with E-state index in [9.17, 15) is 8.42 Å². The molecule has 3 nitrogen and oxygen atoms in total. The molecule has 12 heavy (non-hydrogen) atoms. The molecule has 1 aromatic rings. The van der Waals surface area contributed by atoms with Gasteiger partial charge in [-0.1, -0.05) is 30.3 Å². The Labute approximate surface area is 73.8 Å². The molecule has 0 fully saturated rings. The van der Waals surface area contributed by atoms with Gasteiger partial charge in [-0.05, 0) is 5.56 Å². The van der Waals surface area contributed by atoms with Gasteiger partial charge in [-0.2, -0.15) is 8.42 Å². The van der Waals surface area contributed by atoms with Crippen molar-refractivity contribution in [2.75, 3.05) is 0 Å². The summed E-state index contributed by atoms with van der Waals surface area (Å²) >= 11 is 0. The minimum atomic E-state index is -3.99. The molecule has 1 N–H and O–H groups in total. The topological polar surface area (TPSA) is 54.4 Å². The van der Waals surface area contributed by atoms with Crippen LogP contribution in [0, 0.1) is 0 Å². The summed E-state index contributed by atoms with van der Waals surface area (Å²) < 4.78 is 30.0. The maximum absolute atomic E-state index is 10.7. The SMILES string of the molecule is O=S(=O)(O)C(P)c1ccccc1. The third-order valence-electron chi connectivity index (χ3n) is 1.45. The molecule has 0 heterocycles. The highest BCUT2D eigenvalue weighted by Crippen LogP contribution is 2.27. The molecule has 0 aliphatic rings. The van der Waals surface area contributed by atoms with Crippen LogP contribution in [0.3, 0.4) is 0 Å². The molecule has 0 radical (unpaired) electrons. The van der Waals surface area contributed by atoms with Crippen LogP contribution in [0.25, 0.3) is 0 Å². The normalized spacial score (nSPS) is 14.2. The first-order valence-electron chi connectivity index (χ1n) is 3.28. The standard InChI is InChI=1S/C7H9O3PS/c8-12(9,10)7(11)6-4-2-1-3-5-6/h1-5,7H,11H2,(H,8,9,10). The van der Waals surface area contributed by atoms with Crippen molar-refractivity contribution in [1.29, 1.82) is 0 Å². The zero-order valence-corrected chi connectivity index (χ0v) is 8.18. The predicted molar refractivity (Wildman–Crippen MR) is 50.4 cm³/mol. The third-order valence-corrected chi connectivity index (χ3v) is 3.78. The van der Waals surface area contributed by atoms with Crippen LogP contribution in [0.4, 0.5) is 0 Å². The number of benzene rings is 1. The van der Waals surface area contributed by atoms with Gasteiger partial charge in [-0.3, -0.25) is 4.55 Å². The quantitative estimate of drug-likeness (QED) is 0.586. The predicted octanol–water partition coefficient (Wildman–Crippen LogP) is 1.45. The first-order valence-corrected chi connectivity index (χ1v) is 5.45. The monoisotopic (exact) mass is 204 g/mol. The van der Waals surface area contributed by atoms with E-state index < -0.39 is 15.1 Å². The van der Waals surface area contributed by atoms with Crippen LogP contribution < -0.4 is 0 Å². The number of hydrogen-bond acceptors (Lipinski definition) is 2. The molecule has 2 unspecified atom stereocenters. The molecule has 1 aromatic carbocycles. The summed E-state index contributed by atoms with van der Waals surface area (Å²) in [5.41, 5.74) is 0.560. The molecule has 66 valence electrons. The van der Waals surface area contributed by atoms with Crippen LogP contribution in [0.1, 0.15) is 10.6 Å². The molecule has 0 bridgehead atoms. The first-order chi connectivity index (χ1) is 5.52. The fourth-order valence-electron chi connectivity index (χ4n) is 0.815. The molecular weight excluding hydrogens is 195 g/mol. The van der Waals surface area contributed by atoms with E-state index >= 15 is 0 Å². The lowest BCUT2D eigenvalue weighted by Crippen LogP contribution is -2.04. The molecule has 0 saturated heterocycles. The van der Waals surface area contributed by atoms with Crippen molar-refractivity contribution in [2.24, 2.45) is 0 Å². The first kappa shape index (κ1) is 9.65. The average molecular weight is 204 g/mol. The van der Waals surface area contributed by atoms with Gasteiger partial charge in [0.1, 0.15) is 4.99 Å². The van der Waals surface area contributed by atoms with Crippen LogP contribution in [-0.2, 0) is 10.1 Å². The van der Waals surface area contributed by atoms with Gasteiger partial charge in [-0.25, -0.2) is 0 Å². The van der Waals surface area contributed by atoms with E-state index in [0.717, 1.165) is 0 Å². The molecule has 0 saturated carbocycles. The van der Waals surface area contributed by atoms with Crippen molar-refractivity contribution in [2.45, 2.75) is 4.99 Å². The lowest BCUT2D eigenvalue weighted by Gasteiger charge is -2.06. The Bertz CT molecular complexity index is 346. The Morgan fingerprint density at radius 1 is 1.25 bits per heavy atom. The number of hydrogen-bond donors (Lipinski definition) is 1. The van der Waals surface area contributed by atoms with Gasteiger partial charge in [0.2, 0.25) is 0 Å². The van der Waals surface area contributed by atoms with Gasteiger partial charge in [-0.15, -0.1) is 9.24 Å². The van der Waals surface area contributed by atoms with E-state index in [1.165, 1.54) is 0 Å². The van der Waals surface area contributed by atoms with E-state index in [0.29, 0.717) is 5.56 Å². The molecule has 5 heteroatoms. The Kier molecular flexibility index (Phi) is 2.83. The van der Waals surface area contributed by atoms with Crippen LogP contribution >= 0.6 is 9.24 Å². The second kappa shape index (κ2) is 3.52.